The third kappa shape index (κ3) is 5.08. The first-order chi connectivity index (χ1) is 14.4. The lowest BCUT2D eigenvalue weighted by Gasteiger charge is -2.37. The zero-order valence-corrected chi connectivity index (χ0v) is 18.6. The van der Waals surface area contributed by atoms with Gasteiger partial charge in [0.2, 0.25) is 5.91 Å². The zero-order chi connectivity index (χ0) is 21.7. The van der Waals surface area contributed by atoms with Gasteiger partial charge in [-0.2, -0.15) is 0 Å². The molecule has 0 aliphatic carbocycles. The highest BCUT2D eigenvalue weighted by atomic mass is 16.5. The van der Waals surface area contributed by atoms with Crippen molar-refractivity contribution in [2.45, 2.75) is 33.8 Å². The molecule has 30 heavy (non-hydrogen) atoms. The minimum Gasteiger partial charge on any atom is -0.497 e. The molecule has 0 spiro atoms. The molecule has 2 aromatic rings. The summed E-state index contributed by atoms with van der Waals surface area (Å²) in [5.74, 6) is 2.73. The minimum absolute atomic E-state index is 0.0229. The number of ether oxygens (including phenoxy) is 2. The first-order valence-electron chi connectivity index (χ1n) is 10.4. The normalized spacial score (nSPS) is 14.3. The molecule has 0 saturated carbocycles. The summed E-state index contributed by atoms with van der Waals surface area (Å²) in [6.45, 7) is 9.17. The van der Waals surface area contributed by atoms with Crippen molar-refractivity contribution < 1.29 is 14.3 Å². The molecule has 7 nitrogen and oxygen atoms in total. The number of piperazine rings is 1. The van der Waals surface area contributed by atoms with Crippen LogP contribution in [0, 0.1) is 12.8 Å². The summed E-state index contributed by atoms with van der Waals surface area (Å²) in [5.41, 5.74) is 3.11. The largest absolute Gasteiger partial charge is 0.497 e. The summed E-state index contributed by atoms with van der Waals surface area (Å²) in [4.78, 5) is 26.1. The number of hydrogen-bond donors (Lipinski definition) is 0. The van der Waals surface area contributed by atoms with Crippen molar-refractivity contribution in [3.63, 3.8) is 0 Å². The number of anilines is 1. The van der Waals surface area contributed by atoms with Crippen LogP contribution in [0.5, 0.6) is 5.75 Å². The van der Waals surface area contributed by atoms with E-state index in [0.29, 0.717) is 26.1 Å². The van der Waals surface area contributed by atoms with Crippen LogP contribution in [0.4, 0.5) is 5.82 Å². The molecule has 0 N–H and O–H groups in total. The Morgan fingerprint density at radius 1 is 1.13 bits per heavy atom. The molecule has 1 aromatic carbocycles. The van der Waals surface area contributed by atoms with E-state index in [1.54, 1.807) is 14.2 Å². The van der Waals surface area contributed by atoms with Gasteiger partial charge in [-0.05, 0) is 24.6 Å². The number of carbonyl (C=O) groups excluding carboxylic acids is 1. The Morgan fingerprint density at radius 3 is 2.50 bits per heavy atom. The summed E-state index contributed by atoms with van der Waals surface area (Å²) in [6.07, 6.45) is 0.691. The smallest absolute Gasteiger partial charge is 0.225 e. The molecule has 1 aliphatic rings. The Morgan fingerprint density at radius 2 is 1.87 bits per heavy atom. The molecular weight excluding hydrogens is 380 g/mol. The molecule has 1 saturated heterocycles. The highest BCUT2D eigenvalue weighted by Crippen LogP contribution is 2.27. The van der Waals surface area contributed by atoms with Gasteiger partial charge in [0.25, 0.3) is 0 Å². The number of amides is 1. The number of aryl methyl sites for hydroxylation is 1. The summed E-state index contributed by atoms with van der Waals surface area (Å²) in [5, 5.41) is 0. The molecular formula is C23H32N4O3. The number of benzene rings is 1. The van der Waals surface area contributed by atoms with E-state index < -0.39 is 0 Å². The third-order valence-electron chi connectivity index (χ3n) is 5.36. The number of aromatic nitrogens is 2. The van der Waals surface area contributed by atoms with Crippen molar-refractivity contribution in [3.05, 3.63) is 46.9 Å². The van der Waals surface area contributed by atoms with E-state index >= 15 is 0 Å². The molecule has 1 aliphatic heterocycles. The van der Waals surface area contributed by atoms with Crippen LogP contribution in [0.2, 0.25) is 0 Å². The summed E-state index contributed by atoms with van der Waals surface area (Å²) < 4.78 is 10.8. The minimum atomic E-state index is 0.0229. The van der Waals surface area contributed by atoms with Crippen molar-refractivity contribution in [1.29, 1.82) is 0 Å². The van der Waals surface area contributed by atoms with Gasteiger partial charge in [0.1, 0.15) is 17.4 Å². The second-order valence-electron chi connectivity index (χ2n) is 7.95. The second kappa shape index (κ2) is 9.89. The van der Waals surface area contributed by atoms with Crippen LogP contribution in [-0.4, -0.2) is 61.2 Å². The molecule has 0 unspecified atom stereocenters. The van der Waals surface area contributed by atoms with Gasteiger partial charge in [-0.25, -0.2) is 9.97 Å². The number of rotatable bonds is 7. The monoisotopic (exact) mass is 412 g/mol. The zero-order valence-electron chi connectivity index (χ0n) is 18.6. The fourth-order valence-corrected chi connectivity index (χ4v) is 3.83. The highest BCUT2D eigenvalue weighted by molar-refractivity contribution is 5.78. The molecule has 162 valence electrons. The number of carbonyl (C=O) groups is 1. The van der Waals surface area contributed by atoms with Crippen molar-refractivity contribution in [3.8, 4) is 5.75 Å². The lowest BCUT2D eigenvalue weighted by Crippen LogP contribution is -2.50. The van der Waals surface area contributed by atoms with Gasteiger partial charge in [0, 0.05) is 51.2 Å². The van der Waals surface area contributed by atoms with Crippen molar-refractivity contribution >= 4 is 11.7 Å². The Bertz CT molecular complexity index is 877. The Hall–Kier alpha value is -2.67. The maximum absolute atomic E-state index is 12.4. The first kappa shape index (κ1) is 22.0. The van der Waals surface area contributed by atoms with E-state index in [4.69, 9.17) is 14.5 Å². The molecule has 3 rings (SSSR count). The van der Waals surface area contributed by atoms with E-state index in [1.165, 1.54) is 0 Å². The molecule has 7 heteroatoms. The van der Waals surface area contributed by atoms with Crippen LogP contribution in [0.3, 0.4) is 0 Å². The molecule has 1 aromatic heterocycles. The summed E-state index contributed by atoms with van der Waals surface area (Å²) in [6, 6.07) is 8.06. The van der Waals surface area contributed by atoms with Gasteiger partial charge in [-0.3, -0.25) is 4.79 Å². The van der Waals surface area contributed by atoms with E-state index in [9.17, 15) is 4.79 Å². The maximum Gasteiger partial charge on any atom is 0.225 e. The lowest BCUT2D eigenvalue weighted by molar-refractivity contribution is -0.134. The van der Waals surface area contributed by atoms with Crippen LogP contribution < -0.4 is 9.64 Å². The fraction of sp³-hybridized carbons (Fsp3) is 0.522. The van der Waals surface area contributed by atoms with E-state index in [0.717, 1.165) is 47.3 Å². The van der Waals surface area contributed by atoms with Crippen LogP contribution in [0.25, 0.3) is 0 Å². The standard InChI is InChI=1S/C23H32N4O3/c1-16(2)23(28)27-11-9-26(10-12-27)22-20(21(15-29-4)24-17(3)25-22)14-18-7-6-8-19(13-18)30-5/h6-8,13,16H,9-12,14-15H2,1-5H3. The Kier molecular flexibility index (Phi) is 7.26. The van der Waals surface area contributed by atoms with Gasteiger partial charge in [0.05, 0.1) is 19.4 Å². The molecule has 0 atom stereocenters. The van der Waals surface area contributed by atoms with Crippen molar-refractivity contribution in [1.82, 2.24) is 14.9 Å². The van der Waals surface area contributed by atoms with E-state index in [2.05, 4.69) is 16.0 Å². The molecule has 0 radical (unpaired) electrons. The Balaban J connectivity index is 1.90. The van der Waals surface area contributed by atoms with E-state index in [-0.39, 0.29) is 11.8 Å². The number of nitrogens with zero attached hydrogens (tertiary/aromatic N) is 4. The predicted octanol–water partition coefficient (Wildman–Crippen LogP) is 2.84. The quantitative estimate of drug-likeness (QED) is 0.697. The first-order valence-corrected chi connectivity index (χ1v) is 10.4. The van der Waals surface area contributed by atoms with Crippen LogP contribution in [0.1, 0.15) is 36.5 Å². The van der Waals surface area contributed by atoms with Gasteiger partial charge in [0.15, 0.2) is 0 Å². The second-order valence-corrected chi connectivity index (χ2v) is 7.95. The van der Waals surface area contributed by atoms with Gasteiger partial charge in [-0.1, -0.05) is 26.0 Å². The topological polar surface area (TPSA) is 67.8 Å². The summed E-state index contributed by atoms with van der Waals surface area (Å²) in [7, 11) is 3.36. The maximum atomic E-state index is 12.4. The van der Waals surface area contributed by atoms with Crippen LogP contribution in [-0.2, 0) is 22.6 Å². The van der Waals surface area contributed by atoms with Gasteiger partial charge < -0.3 is 19.3 Å². The Labute approximate surface area is 179 Å². The molecule has 0 bridgehead atoms. The highest BCUT2D eigenvalue weighted by Gasteiger charge is 2.26. The summed E-state index contributed by atoms with van der Waals surface area (Å²) >= 11 is 0. The third-order valence-corrected chi connectivity index (χ3v) is 5.36. The lowest BCUT2D eigenvalue weighted by atomic mass is 10.0. The van der Waals surface area contributed by atoms with Gasteiger partial charge in [-0.15, -0.1) is 0 Å². The number of methoxy groups -OCH3 is 2. The van der Waals surface area contributed by atoms with Gasteiger partial charge >= 0.3 is 0 Å². The number of hydrogen-bond acceptors (Lipinski definition) is 6. The van der Waals surface area contributed by atoms with Crippen molar-refractivity contribution in [2.24, 2.45) is 5.92 Å². The molecule has 2 heterocycles. The predicted molar refractivity (Wildman–Crippen MR) is 117 cm³/mol. The molecule has 1 fully saturated rings. The average molecular weight is 413 g/mol. The van der Waals surface area contributed by atoms with Crippen LogP contribution in [0.15, 0.2) is 24.3 Å². The molecule has 1 amide bonds. The average Bonchev–Trinajstić information content (AvgIpc) is 2.75. The fourth-order valence-electron chi connectivity index (χ4n) is 3.83. The van der Waals surface area contributed by atoms with Crippen molar-refractivity contribution in [2.75, 3.05) is 45.3 Å². The SMILES string of the molecule is COCc1nc(C)nc(N2CCN(C(=O)C(C)C)CC2)c1Cc1cccc(OC)c1. The van der Waals surface area contributed by atoms with E-state index in [1.807, 2.05) is 43.9 Å². The van der Waals surface area contributed by atoms with Crippen LogP contribution >= 0.6 is 0 Å².